The molecular formula is C14H11N3OS. The van der Waals surface area contributed by atoms with E-state index in [1.807, 2.05) is 18.2 Å². The van der Waals surface area contributed by atoms with Gasteiger partial charge in [-0.15, -0.1) is 0 Å². The van der Waals surface area contributed by atoms with Crippen molar-refractivity contribution in [3.8, 4) is 17.6 Å². The van der Waals surface area contributed by atoms with Crippen LogP contribution < -0.4 is 15.8 Å². The number of nitrogens with one attached hydrogen (secondary N) is 1. The van der Waals surface area contributed by atoms with Crippen LogP contribution in [0, 0.1) is 11.3 Å². The number of nitrogens with two attached hydrogens (primary N) is 1. The number of ether oxygens (including phenoxy) is 1. The van der Waals surface area contributed by atoms with Crippen molar-refractivity contribution in [2.45, 2.75) is 0 Å². The van der Waals surface area contributed by atoms with Gasteiger partial charge in [0.05, 0.1) is 11.6 Å². The standard InChI is InChI=1S/C14H11N3OS/c15-9-10-4-6-12(7-5-10)18-13-3-1-2-11(8-13)17-14(16)19/h1-8H,(H3,16,17,19). The van der Waals surface area contributed by atoms with Crippen molar-refractivity contribution in [1.82, 2.24) is 0 Å². The summed E-state index contributed by atoms with van der Waals surface area (Å²) in [5.74, 6) is 1.32. The predicted molar refractivity (Wildman–Crippen MR) is 78.1 cm³/mol. The topological polar surface area (TPSA) is 71.1 Å². The van der Waals surface area contributed by atoms with Gasteiger partial charge in [-0.1, -0.05) is 6.07 Å². The summed E-state index contributed by atoms with van der Waals surface area (Å²) < 4.78 is 5.67. The normalized spacial score (nSPS) is 9.42. The zero-order chi connectivity index (χ0) is 13.7. The molecular weight excluding hydrogens is 258 g/mol. The first-order chi connectivity index (χ1) is 9.17. The van der Waals surface area contributed by atoms with Gasteiger partial charge in [0.1, 0.15) is 11.5 Å². The molecule has 0 aliphatic rings. The van der Waals surface area contributed by atoms with E-state index < -0.39 is 0 Å². The zero-order valence-electron chi connectivity index (χ0n) is 9.96. The molecule has 0 aromatic heterocycles. The number of hydrogen-bond donors (Lipinski definition) is 2. The van der Waals surface area contributed by atoms with Crippen LogP contribution in [0.25, 0.3) is 0 Å². The molecule has 0 unspecified atom stereocenters. The molecule has 2 rings (SSSR count). The molecule has 0 aliphatic carbocycles. The van der Waals surface area contributed by atoms with Gasteiger partial charge in [0.2, 0.25) is 0 Å². The lowest BCUT2D eigenvalue weighted by Gasteiger charge is -2.08. The summed E-state index contributed by atoms with van der Waals surface area (Å²) >= 11 is 4.77. The molecule has 3 N–H and O–H groups in total. The summed E-state index contributed by atoms with van der Waals surface area (Å²) in [5, 5.41) is 11.8. The Labute approximate surface area is 116 Å². The van der Waals surface area contributed by atoms with Crippen LogP contribution >= 0.6 is 12.2 Å². The van der Waals surface area contributed by atoms with E-state index in [9.17, 15) is 0 Å². The summed E-state index contributed by atoms with van der Waals surface area (Å²) in [5.41, 5.74) is 6.76. The quantitative estimate of drug-likeness (QED) is 0.838. The van der Waals surface area contributed by atoms with Crippen LogP contribution in [0.2, 0.25) is 0 Å². The van der Waals surface area contributed by atoms with Gasteiger partial charge in [-0.05, 0) is 48.6 Å². The first-order valence-corrected chi connectivity index (χ1v) is 5.93. The van der Waals surface area contributed by atoms with Crippen LogP contribution in [-0.4, -0.2) is 5.11 Å². The highest BCUT2D eigenvalue weighted by molar-refractivity contribution is 7.80. The van der Waals surface area contributed by atoms with Crippen molar-refractivity contribution in [3.05, 3.63) is 54.1 Å². The lowest BCUT2D eigenvalue weighted by molar-refractivity contribution is 0.483. The van der Waals surface area contributed by atoms with Gasteiger partial charge < -0.3 is 15.8 Å². The first kappa shape index (κ1) is 12.9. The van der Waals surface area contributed by atoms with Gasteiger partial charge in [0.15, 0.2) is 5.11 Å². The van der Waals surface area contributed by atoms with E-state index >= 15 is 0 Å². The maximum Gasteiger partial charge on any atom is 0.168 e. The lowest BCUT2D eigenvalue weighted by atomic mass is 10.2. The lowest BCUT2D eigenvalue weighted by Crippen LogP contribution is -2.18. The minimum atomic E-state index is 0.204. The summed E-state index contributed by atoms with van der Waals surface area (Å²) in [4.78, 5) is 0. The van der Waals surface area contributed by atoms with Crippen molar-refractivity contribution in [3.63, 3.8) is 0 Å². The Balaban J connectivity index is 2.14. The van der Waals surface area contributed by atoms with E-state index in [2.05, 4.69) is 11.4 Å². The third kappa shape index (κ3) is 3.69. The van der Waals surface area contributed by atoms with Crippen LogP contribution in [0.4, 0.5) is 5.69 Å². The second-order valence-corrected chi connectivity index (χ2v) is 4.20. The molecule has 0 bridgehead atoms. The largest absolute Gasteiger partial charge is 0.457 e. The summed E-state index contributed by atoms with van der Waals surface area (Å²) in [6, 6.07) is 16.2. The second kappa shape index (κ2) is 5.85. The van der Waals surface area contributed by atoms with Gasteiger partial charge in [-0.25, -0.2) is 0 Å². The van der Waals surface area contributed by atoms with E-state index in [4.69, 9.17) is 28.0 Å². The Morgan fingerprint density at radius 2 is 1.89 bits per heavy atom. The van der Waals surface area contributed by atoms with E-state index in [1.54, 1.807) is 30.3 Å². The van der Waals surface area contributed by atoms with Crippen LogP contribution in [0.1, 0.15) is 5.56 Å². The highest BCUT2D eigenvalue weighted by atomic mass is 32.1. The molecule has 0 fully saturated rings. The summed E-state index contributed by atoms with van der Waals surface area (Å²) in [6.07, 6.45) is 0. The van der Waals surface area contributed by atoms with Crippen molar-refractivity contribution < 1.29 is 4.74 Å². The third-order valence-corrected chi connectivity index (χ3v) is 2.42. The zero-order valence-corrected chi connectivity index (χ0v) is 10.8. The number of rotatable bonds is 3. The van der Waals surface area contributed by atoms with E-state index in [0.717, 1.165) is 5.69 Å². The second-order valence-electron chi connectivity index (χ2n) is 3.76. The van der Waals surface area contributed by atoms with Crippen LogP contribution in [-0.2, 0) is 0 Å². The minimum Gasteiger partial charge on any atom is -0.457 e. The number of benzene rings is 2. The fourth-order valence-electron chi connectivity index (χ4n) is 1.51. The SMILES string of the molecule is N#Cc1ccc(Oc2cccc(NC(N)=S)c2)cc1. The van der Waals surface area contributed by atoms with Gasteiger partial charge in [-0.3, -0.25) is 0 Å². The molecule has 19 heavy (non-hydrogen) atoms. The maximum atomic E-state index is 8.72. The number of hydrogen-bond acceptors (Lipinski definition) is 3. The molecule has 94 valence electrons. The van der Waals surface area contributed by atoms with Gasteiger partial charge in [-0.2, -0.15) is 5.26 Å². The predicted octanol–water partition coefficient (Wildman–Crippen LogP) is 3.01. The monoisotopic (exact) mass is 269 g/mol. The molecule has 0 spiro atoms. The molecule has 4 nitrogen and oxygen atoms in total. The van der Waals surface area contributed by atoms with Crippen LogP contribution in [0.15, 0.2) is 48.5 Å². The number of anilines is 1. The Morgan fingerprint density at radius 3 is 2.53 bits per heavy atom. The minimum absolute atomic E-state index is 0.204. The smallest absolute Gasteiger partial charge is 0.168 e. The molecule has 0 atom stereocenters. The fourth-order valence-corrected chi connectivity index (χ4v) is 1.63. The molecule has 2 aromatic carbocycles. The molecule has 0 radical (unpaired) electrons. The number of nitrogens with zero attached hydrogens (tertiary/aromatic N) is 1. The fraction of sp³-hybridized carbons (Fsp3) is 0. The van der Waals surface area contributed by atoms with Crippen molar-refractivity contribution in [2.75, 3.05) is 5.32 Å². The van der Waals surface area contributed by atoms with Crippen LogP contribution in [0.3, 0.4) is 0 Å². The highest BCUT2D eigenvalue weighted by Crippen LogP contribution is 2.24. The molecule has 0 saturated carbocycles. The van der Waals surface area contributed by atoms with Crippen molar-refractivity contribution in [2.24, 2.45) is 5.73 Å². The average Bonchev–Trinajstić information content (AvgIpc) is 2.39. The maximum absolute atomic E-state index is 8.72. The van der Waals surface area contributed by atoms with E-state index in [-0.39, 0.29) is 5.11 Å². The van der Waals surface area contributed by atoms with Crippen molar-refractivity contribution in [1.29, 1.82) is 5.26 Å². The molecule has 2 aromatic rings. The molecule has 0 heterocycles. The Hall–Kier alpha value is -2.58. The van der Waals surface area contributed by atoms with Gasteiger partial charge in [0.25, 0.3) is 0 Å². The number of thiocarbonyl (C=S) groups is 1. The average molecular weight is 269 g/mol. The Kier molecular flexibility index (Phi) is 3.96. The van der Waals surface area contributed by atoms with Crippen LogP contribution in [0.5, 0.6) is 11.5 Å². The third-order valence-electron chi connectivity index (χ3n) is 2.32. The highest BCUT2D eigenvalue weighted by Gasteiger charge is 2.00. The van der Waals surface area contributed by atoms with E-state index in [1.165, 1.54) is 0 Å². The summed E-state index contributed by atoms with van der Waals surface area (Å²) in [6.45, 7) is 0. The molecule has 0 saturated heterocycles. The van der Waals surface area contributed by atoms with Gasteiger partial charge in [0, 0.05) is 11.8 Å². The molecule has 5 heteroatoms. The molecule has 0 aliphatic heterocycles. The van der Waals surface area contributed by atoms with Gasteiger partial charge >= 0.3 is 0 Å². The molecule has 0 amide bonds. The first-order valence-electron chi connectivity index (χ1n) is 5.52. The Morgan fingerprint density at radius 1 is 1.16 bits per heavy atom. The Bertz CT molecular complexity index is 632. The summed E-state index contributed by atoms with van der Waals surface area (Å²) in [7, 11) is 0. The number of nitriles is 1. The van der Waals surface area contributed by atoms with Crippen molar-refractivity contribution >= 4 is 23.0 Å². The van der Waals surface area contributed by atoms with E-state index in [0.29, 0.717) is 17.1 Å².